The highest BCUT2D eigenvalue weighted by Crippen LogP contribution is 2.18. The highest BCUT2D eigenvalue weighted by atomic mass is 32.1. The molecule has 1 aliphatic heterocycles. The Bertz CT molecular complexity index is 707. The van der Waals surface area contributed by atoms with Gasteiger partial charge in [0.25, 0.3) is 5.91 Å². The number of benzene rings is 1. The van der Waals surface area contributed by atoms with Gasteiger partial charge < -0.3 is 9.64 Å². The molecule has 2 atom stereocenters. The summed E-state index contributed by atoms with van der Waals surface area (Å²) in [5, 5.41) is 8.24. The lowest BCUT2D eigenvalue weighted by Crippen LogP contribution is -2.52. The van der Waals surface area contributed by atoms with Gasteiger partial charge in [0.1, 0.15) is 5.69 Å². The lowest BCUT2D eigenvalue weighted by Gasteiger charge is -2.35. The molecule has 1 aliphatic rings. The molecule has 1 fully saturated rings. The zero-order chi connectivity index (χ0) is 17.1. The molecule has 2 heterocycles. The molecule has 1 aromatic heterocycles. The number of amides is 3. The lowest BCUT2D eigenvalue weighted by molar-refractivity contribution is -0.0543. The molecule has 126 valence electrons. The van der Waals surface area contributed by atoms with Crippen molar-refractivity contribution in [2.45, 2.75) is 26.1 Å². The summed E-state index contributed by atoms with van der Waals surface area (Å²) in [5.41, 5.74) is 2.06. The first kappa shape index (κ1) is 16.5. The quantitative estimate of drug-likeness (QED) is 0.901. The van der Waals surface area contributed by atoms with Crippen molar-refractivity contribution >= 4 is 23.5 Å². The smallest absolute Gasteiger partial charge is 0.324 e. The highest BCUT2D eigenvalue weighted by molar-refractivity contribution is 7.03. The number of nitrogens with one attached hydrogen (secondary N) is 1. The molecule has 0 spiro atoms. The molecule has 3 amide bonds. The van der Waals surface area contributed by atoms with Crippen molar-refractivity contribution in [3.8, 4) is 11.3 Å². The Labute approximate surface area is 143 Å². The summed E-state index contributed by atoms with van der Waals surface area (Å²) in [4.78, 5) is 26.1. The molecule has 0 bridgehead atoms. The number of imide groups is 1. The maximum Gasteiger partial charge on any atom is 0.324 e. The van der Waals surface area contributed by atoms with Gasteiger partial charge in [-0.2, -0.15) is 0 Å². The first-order chi connectivity index (χ1) is 11.5. The van der Waals surface area contributed by atoms with Crippen molar-refractivity contribution in [1.29, 1.82) is 0 Å². The van der Waals surface area contributed by atoms with Crippen molar-refractivity contribution in [2.24, 2.45) is 0 Å². The van der Waals surface area contributed by atoms with Gasteiger partial charge in [-0.05, 0) is 37.5 Å². The molecule has 2 aromatic rings. The fourth-order valence-corrected chi connectivity index (χ4v) is 3.14. The molecule has 0 saturated carbocycles. The molecule has 0 aliphatic carbocycles. The number of hydrogen-bond acceptors (Lipinski definition) is 6. The van der Waals surface area contributed by atoms with E-state index < -0.39 is 11.9 Å². The Kier molecular flexibility index (Phi) is 4.86. The first-order valence-corrected chi connectivity index (χ1v) is 8.50. The van der Waals surface area contributed by atoms with Crippen LogP contribution in [-0.4, -0.2) is 51.7 Å². The number of carbonyl (C=O) groups is 2. The Balaban J connectivity index is 1.63. The largest absolute Gasteiger partial charge is 0.372 e. The van der Waals surface area contributed by atoms with Gasteiger partial charge in [0.05, 0.1) is 12.2 Å². The Hall–Kier alpha value is -2.32. The molecule has 1 aromatic carbocycles. The number of ether oxygens (including phenoxy) is 1. The Morgan fingerprint density at radius 1 is 1.21 bits per heavy atom. The average molecular weight is 346 g/mol. The predicted octanol–water partition coefficient (Wildman–Crippen LogP) is 2.16. The summed E-state index contributed by atoms with van der Waals surface area (Å²) < 4.78 is 9.40. The molecule has 1 saturated heterocycles. The van der Waals surface area contributed by atoms with E-state index in [4.69, 9.17) is 4.74 Å². The monoisotopic (exact) mass is 346 g/mol. The van der Waals surface area contributed by atoms with Crippen molar-refractivity contribution in [3.05, 3.63) is 35.2 Å². The third-order valence-electron chi connectivity index (χ3n) is 3.73. The molecular weight excluding hydrogens is 328 g/mol. The van der Waals surface area contributed by atoms with Crippen LogP contribution in [0.15, 0.2) is 29.6 Å². The zero-order valence-corrected chi connectivity index (χ0v) is 14.2. The second-order valence-electron chi connectivity index (χ2n) is 5.79. The fourth-order valence-electron chi connectivity index (χ4n) is 2.67. The summed E-state index contributed by atoms with van der Waals surface area (Å²) in [7, 11) is 0. The minimum atomic E-state index is -0.422. The summed E-state index contributed by atoms with van der Waals surface area (Å²) in [6.45, 7) is 4.76. The van der Waals surface area contributed by atoms with E-state index in [1.807, 2.05) is 19.2 Å². The van der Waals surface area contributed by atoms with E-state index in [9.17, 15) is 9.59 Å². The standard InChI is InChI=1S/C16H18N4O3S/c1-10-7-20(8-11(2)23-10)16(22)17-15(21)13-5-3-12(4-6-13)14-9-24-19-18-14/h3-6,9-11H,7-8H2,1-2H3,(H,17,21,22)/t10-,11-/m1/s1. The maximum absolute atomic E-state index is 12.2. The van der Waals surface area contributed by atoms with Gasteiger partial charge in [0, 0.05) is 29.6 Å². The van der Waals surface area contributed by atoms with Crippen LogP contribution >= 0.6 is 11.5 Å². The minimum absolute atomic E-state index is 0.0411. The van der Waals surface area contributed by atoms with E-state index in [0.29, 0.717) is 18.7 Å². The van der Waals surface area contributed by atoms with Gasteiger partial charge >= 0.3 is 6.03 Å². The van der Waals surface area contributed by atoms with Gasteiger partial charge in [0.15, 0.2) is 0 Å². The number of urea groups is 1. The van der Waals surface area contributed by atoms with E-state index in [-0.39, 0.29) is 12.2 Å². The van der Waals surface area contributed by atoms with E-state index >= 15 is 0 Å². The Morgan fingerprint density at radius 2 is 1.88 bits per heavy atom. The summed E-state index contributed by atoms with van der Waals surface area (Å²) >= 11 is 1.27. The van der Waals surface area contributed by atoms with Crippen LogP contribution in [0.4, 0.5) is 4.79 Å². The van der Waals surface area contributed by atoms with E-state index in [1.54, 1.807) is 29.2 Å². The summed E-state index contributed by atoms with van der Waals surface area (Å²) in [6.07, 6.45) is -0.0822. The van der Waals surface area contributed by atoms with E-state index in [2.05, 4.69) is 14.9 Å². The maximum atomic E-state index is 12.2. The second kappa shape index (κ2) is 7.06. The number of carbonyl (C=O) groups excluding carboxylic acids is 2. The molecule has 3 rings (SSSR count). The third-order valence-corrected chi connectivity index (χ3v) is 4.23. The zero-order valence-electron chi connectivity index (χ0n) is 13.4. The fraction of sp³-hybridized carbons (Fsp3) is 0.375. The first-order valence-electron chi connectivity index (χ1n) is 7.66. The Morgan fingerprint density at radius 3 is 2.46 bits per heavy atom. The van der Waals surface area contributed by atoms with Crippen molar-refractivity contribution < 1.29 is 14.3 Å². The summed E-state index contributed by atoms with van der Waals surface area (Å²) in [6, 6.07) is 6.52. The predicted molar refractivity (Wildman–Crippen MR) is 89.8 cm³/mol. The lowest BCUT2D eigenvalue weighted by atomic mass is 10.1. The van der Waals surface area contributed by atoms with Crippen LogP contribution in [0.2, 0.25) is 0 Å². The molecule has 1 N–H and O–H groups in total. The van der Waals surface area contributed by atoms with Gasteiger partial charge in [-0.1, -0.05) is 16.6 Å². The second-order valence-corrected chi connectivity index (χ2v) is 6.40. The normalized spacial score (nSPS) is 20.7. The van der Waals surface area contributed by atoms with E-state index in [1.165, 1.54) is 11.5 Å². The number of rotatable bonds is 2. The van der Waals surface area contributed by atoms with Crippen molar-refractivity contribution in [1.82, 2.24) is 19.8 Å². The highest BCUT2D eigenvalue weighted by Gasteiger charge is 2.26. The van der Waals surface area contributed by atoms with Crippen LogP contribution < -0.4 is 5.32 Å². The molecule has 24 heavy (non-hydrogen) atoms. The van der Waals surface area contributed by atoms with Crippen LogP contribution in [0, 0.1) is 0 Å². The number of morpholine rings is 1. The van der Waals surface area contributed by atoms with Gasteiger partial charge in [-0.3, -0.25) is 10.1 Å². The minimum Gasteiger partial charge on any atom is -0.372 e. The van der Waals surface area contributed by atoms with Gasteiger partial charge in [-0.25, -0.2) is 4.79 Å². The van der Waals surface area contributed by atoms with Crippen LogP contribution in [0.25, 0.3) is 11.3 Å². The van der Waals surface area contributed by atoms with Gasteiger partial charge in [-0.15, -0.1) is 5.10 Å². The van der Waals surface area contributed by atoms with Gasteiger partial charge in [0.2, 0.25) is 0 Å². The van der Waals surface area contributed by atoms with Crippen LogP contribution in [0.3, 0.4) is 0 Å². The molecular formula is C16H18N4O3S. The number of nitrogens with zero attached hydrogens (tertiary/aromatic N) is 3. The molecule has 7 nitrogen and oxygen atoms in total. The van der Waals surface area contributed by atoms with Crippen molar-refractivity contribution in [2.75, 3.05) is 13.1 Å². The third kappa shape index (κ3) is 3.77. The average Bonchev–Trinajstić information content (AvgIpc) is 3.08. The van der Waals surface area contributed by atoms with Crippen LogP contribution in [0.5, 0.6) is 0 Å². The topological polar surface area (TPSA) is 84.4 Å². The van der Waals surface area contributed by atoms with E-state index in [0.717, 1.165) is 11.3 Å². The van der Waals surface area contributed by atoms with Crippen molar-refractivity contribution in [3.63, 3.8) is 0 Å². The SMILES string of the molecule is C[C@@H]1CN(C(=O)NC(=O)c2ccc(-c3csnn3)cc2)C[C@@H](C)O1. The summed E-state index contributed by atoms with van der Waals surface area (Å²) in [5.74, 6) is -0.422. The number of hydrogen-bond donors (Lipinski definition) is 1. The molecule has 0 unspecified atom stereocenters. The van der Waals surface area contributed by atoms with Crippen LogP contribution in [0.1, 0.15) is 24.2 Å². The molecule has 0 radical (unpaired) electrons. The molecule has 8 heteroatoms. The van der Waals surface area contributed by atoms with Crippen LogP contribution in [-0.2, 0) is 4.74 Å². The number of aromatic nitrogens is 2.